The lowest BCUT2D eigenvalue weighted by atomic mass is 9.93. The molecule has 1 aromatic rings. The molecule has 1 aromatic carbocycles. The van der Waals surface area contributed by atoms with Crippen molar-refractivity contribution in [1.29, 1.82) is 0 Å². The van der Waals surface area contributed by atoms with Crippen molar-refractivity contribution in [2.75, 3.05) is 26.2 Å². The summed E-state index contributed by atoms with van der Waals surface area (Å²) in [7, 11) is 0. The minimum atomic E-state index is -0.335. The second-order valence-electron chi connectivity index (χ2n) is 7.48. The van der Waals surface area contributed by atoms with Crippen LogP contribution in [0.3, 0.4) is 0 Å². The Hall–Kier alpha value is -1.46. The predicted molar refractivity (Wildman–Crippen MR) is 89.2 cm³/mol. The highest BCUT2D eigenvalue weighted by molar-refractivity contribution is 5.32. The molecule has 0 unspecified atom stereocenters. The molecule has 1 saturated heterocycles. The topological polar surface area (TPSA) is 49.6 Å². The molecule has 0 N–H and O–H groups in total. The maximum atomic E-state index is 10.7. The van der Waals surface area contributed by atoms with Crippen LogP contribution in [0.5, 0.6) is 0 Å². The zero-order valence-corrected chi connectivity index (χ0v) is 13.6. The Kier molecular flexibility index (Phi) is 4.07. The fourth-order valence-corrected chi connectivity index (χ4v) is 4.89. The number of fused-ring (bicyclic) bond motifs is 2. The summed E-state index contributed by atoms with van der Waals surface area (Å²) >= 11 is 0. The van der Waals surface area contributed by atoms with E-state index in [1.165, 1.54) is 44.3 Å². The predicted octanol–water partition coefficient (Wildman–Crippen LogP) is 2.90. The number of benzene rings is 1. The van der Waals surface area contributed by atoms with Gasteiger partial charge in [-0.3, -0.25) is 19.9 Å². The summed E-state index contributed by atoms with van der Waals surface area (Å²) in [5, 5.41) is 10.7. The highest BCUT2D eigenvalue weighted by Crippen LogP contribution is 2.46. The van der Waals surface area contributed by atoms with Gasteiger partial charge in [0.05, 0.1) is 4.92 Å². The average Bonchev–Trinajstić information content (AvgIpc) is 3.19. The summed E-state index contributed by atoms with van der Waals surface area (Å²) in [6, 6.07) is 7.86. The largest absolute Gasteiger partial charge is 0.298 e. The van der Waals surface area contributed by atoms with Crippen LogP contribution >= 0.6 is 0 Å². The van der Waals surface area contributed by atoms with Crippen LogP contribution in [0.1, 0.15) is 31.2 Å². The first-order chi connectivity index (χ1) is 11.2. The molecule has 5 nitrogen and oxygen atoms in total. The lowest BCUT2D eigenvalue weighted by Gasteiger charge is -2.41. The second kappa shape index (κ2) is 6.21. The molecule has 3 fully saturated rings. The van der Waals surface area contributed by atoms with Gasteiger partial charge in [0.25, 0.3) is 5.69 Å². The standard InChI is InChI=1S/C18H25N3O2/c22-21(23)17-5-2-14(3-6-17)13-19-7-9-20(10-8-19)18-12-15-1-4-16(18)11-15/h2-3,5-6,15-16,18H,1,4,7-13H2/t15-,16+,18+/m0/s1. The number of non-ortho nitro benzene ring substituents is 1. The van der Waals surface area contributed by atoms with Gasteiger partial charge in [-0.15, -0.1) is 0 Å². The van der Waals surface area contributed by atoms with Crippen molar-refractivity contribution in [1.82, 2.24) is 9.80 Å². The molecule has 2 aliphatic carbocycles. The van der Waals surface area contributed by atoms with Crippen molar-refractivity contribution in [2.24, 2.45) is 11.8 Å². The molecule has 23 heavy (non-hydrogen) atoms. The van der Waals surface area contributed by atoms with E-state index in [9.17, 15) is 10.1 Å². The molecule has 0 aromatic heterocycles. The highest BCUT2D eigenvalue weighted by Gasteiger charge is 2.42. The van der Waals surface area contributed by atoms with E-state index in [1.807, 2.05) is 12.1 Å². The molecular weight excluding hydrogens is 290 g/mol. The zero-order valence-electron chi connectivity index (χ0n) is 13.6. The summed E-state index contributed by atoms with van der Waals surface area (Å²) in [4.78, 5) is 15.6. The minimum absolute atomic E-state index is 0.176. The lowest BCUT2D eigenvalue weighted by Crippen LogP contribution is -2.51. The van der Waals surface area contributed by atoms with Crippen molar-refractivity contribution < 1.29 is 4.92 Å². The molecule has 0 spiro atoms. The van der Waals surface area contributed by atoms with Crippen LogP contribution in [0.2, 0.25) is 0 Å². The molecule has 3 aliphatic rings. The Morgan fingerprint density at radius 3 is 2.35 bits per heavy atom. The minimum Gasteiger partial charge on any atom is -0.298 e. The molecular formula is C18H25N3O2. The molecule has 0 amide bonds. The first-order valence-electron chi connectivity index (χ1n) is 8.89. The van der Waals surface area contributed by atoms with E-state index in [0.717, 1.165) is 37.5 Å². The Morgan fingerprint density at radius 1 is 1.04 bits per heavy atom. The van der Waals surface area contributed by atoms with Crippen molar-refractivity contribution >= 4 is 5.69 Å². The van der Waals surface area contributed by atoms with Crippen LogP contribution in [0.4, 0.5) is 5.69 Å². The first-order valence-corrected chi connectivity index (χ1v) is 8.89. The Labute approximate surface area is 137 Å². The fraction of sp³-hybridized carbons (Fsp3) is 0.667. The summed E-state index contributed by atoms with van der Waals surface area (Å²) < 4.78 is 0. The molecule has 0 radical (unpaired) electrons. The number of rotatable bonds is 4. The number of nitro benzene ring substituents is 1. The molecule has 2 saturated carbocycles. The molecule has 5 heteroatoms. The van der Waals surface area contributed by atoms with Crippen LogP contribution in [0.25, 0.3) is 0 Å². The maximum absolute atomic E-state index is 10.7. The van der Waals surface area contributed by atoms with Crippen molar-refractivity contribution in [3.05, 3.63) is 39.9 Å². The monoisotopic (exact) mass is 315 g/mol. The van der Waals surface area contributed by atoms with E-state index in [2.05, 4.69) is 9.80 Å². The summed E-state index contributed by atoms with van der Waals surface area (Å²) in [6.07, 6.45) is 5.85. The molecule has 2 bridgehead atoms. The number of hydrogen-bond donors (Lipinski definition) is 0. The number of nitro groups is 1. The Morgan fingerprint density at radius 2 is 1.78 bits per heavy atom. The van der Waals surface area contributed by atoms with Crippen LogP contribution in [-0.2, 0) is 6.54 Å². The maximum Gasteiger partial charge on any atom is 0.269 e. The molecule has 1 aliphatic heterocycles. The number of piperazine rings is 1. The summed E-state index contributed by atoms with van der Waals surface area (Å²) in [5.74, 6) is 1.99. The van der Waals surface area contributed by atoms with Crippen molar-refractivity contribution in [2.45, 2.75) is 38.3 Å². The average molecular weight is 315 g/mol. The highest BCUT2D eigenvalue weighted by atomic mass is 16.6. The van der Waals surface area contributed by atoms with Crippen LogP contribution in [0.15, 0.2) is 24.3 Å². The number of hydrogen-bond acceptors (Lipinski definition) is 4. The second-order valence-corrected chi connectivity index (χ2v) is 7.48. The van der Waals surface area contributed by atoms with Gasteiger partial charge in [-0.25, -0.2) is 0 Å². The number of nitrogens with zero attached hydrogens (tertiary/aromatic N) is 3. The van der Waals surface area contributed by atoms with Crippen LogP contribution < -0.4 is 0 Å². The first kappa shape index (κ1) is 15.1. The van der Waals surface area contributed by atoms with Gasteiger partial charge in [0, 0.05) is 50.9 Å². The van der Waals surface area contributed by atoms with E-state index < -0.39 is 0 Å². The van der Waals surface area contributed by atoms with Crippen LogP contribution in [0, 0.1) is 22.0 Å². The van der Waals surface area contributed by atoms with Crippen molar-refractivity contribution in [3.8, 4) is 0 Å². The lowest BCUT2D eigenvalue weighted by molar-refractivity contribution is -0.384. The SMILES string of the molecule is O=[N+]([O-])c1ccc(CN2CCN([C@@H]3C[C@H]4CC[C@@H]3C4)CC2)cc1. The van der Waals surface area contributed by atoms with Crippen LogP contribution in [-0.4, -0.2) is 46.9 Å². The third-order valence-electron chi connectivity index (χ3n) is 6.13. The Bertz CT molecular complexity index is 566. The van der Waals surface area contributed by atoms with E-state index in [-0.39, 0.29) is 10.6 Å². The van der Waals surface area contributed by atoms with E-state index in [4.69, 9.17) is 0 Å². The van der Waals surface area contributed by atoms with Gasteiger partial charge in [0.15, 0.2) is 0 Å². The van der Waals surface area contributed by atoms with Gasteiger partial charge in [0.1, 0.15) is 0 Å². The van der Waals surface area contributed by atoms with Gasteiger partial charge in [0.2, 0.25) is 0 Å². The van der Waals surface area contributed by atoms with Gasteiger partial charge < -0.3 is 0 Å². The zero-order chi connectivity index (χ0) is 15.8. The fourth-order valence-electron chi connectivity index (χ4n) is 4.89. The summed E-state index contributed by atoms with van der Waals surface area (Å²) in [5.41, 5.74) is 1.35. The molecule has 4 rings (SSSR count). The normalized spacial score (nSPS) is 31.6. The molecule has 3 atom stereocenters. The molecule has 1 heterocycles. The van der Waals surface area contributed by atoms with E-state index >= 15 is 0 Å². The van der Waals surface area contributed by atoms with Gasteiger partial charge in [-0.05, 0) is 36.7 Å². The van der Waals surface area contributed by atoms with E-state index in [0.29, 0.717) is 0 Å². The smallest absolute Gasteiger partial charge is 0.269 e. The van der Waals surface area contributed by atoms with E-state index in [1.54, 1.807) is 12.1 Å². The summed E-state index contributed by atoms with van der Waals surface area (Å²) in [6.45, 7) is 5.50. The third kappa shape index (κ3) is 3.12. The van der Waals surface area contributed by atoms with Crippen molar-refractivity contribution in [3.63, 3.8) is 0 Å². The Balaban J connectivity index is 1.29. The van der Waals surface area contributed by atoms with Gasteiger partial charge >= 0.3 is 0 Å². The van der Waals surface area contributed by atoms with Gasteiger partial charge in [-0.2, -0.15) is 0 Å². The third-order valence-corrected chi connectivity index (χ3v) is 6.13. The quantitative estimate of drug-likeness (QED) is 0.633. The molecule has 124 valence electrons. The van der Waals surface area contributed by atoms with Gasteiger partial charge in [-0.1, -0.05) is 18.6 Å².